The standard InChI is InChI=1S/C18H22N4O2/c1-11(2)20-10-19-16-15(20)17(23)21(12(3)4)18(24)22(16)14-8-6-13(5)7-9-14/h6-12H,1-5H3. The van der Waals surface area contributed by atoms with E-state index < -0.39 is 0 Å². The first kappa shape index (κ1) is 16.2. The molecule has 0 unspecified atom stereocenters. The maximum atomic E-state index is 13.0. The van der Waals surface area contributed by atoms with E-state index in [0.29, 0.717) is 16.9 Å². The quantitative estimate of drug-likeness (QED) is 0.743. The average molecular weight is 326 g/mol. The van der Waals surface area contributed by atoms with Crippen LogP contribution in [0.25, 0.3) is 16.9 Å². The van der Waals surface area contributed by atoms with E-state index in [-0.39, 0.29) is 23.3 Å². The minimum absolute atomic E-state index is 0.0762. The van der Waals surface area contributed by atoms with Gasteiger partial charge in [0.15, 0.2) is 11.2 Å². The molecule has 2 heterocycles. The molecule has 0 N–H and O–H groups in total. The Balaban J connectivity index is 2.51. The predicted octanol–water partition coefficient (Wildman–Crippen LogP) is 2.82. The number of aromatic nitrogens is 4. The summed E-state index contributed by atoms with van der Waals surface area (Å²) in [4.78, 5) is 30.3. The Bertz CT molecular complexity index is 1000. The van der Waals surface area contributed by atoms with Crippen LogP contribution in [-0.2, 0) is 0 Å². The summed E-state index contributed by atoms with van der Waals surface area (Å²) in [6, 6.07) is 7.48. The van der Waals surface area contributed by atoms with Crippen LogP contribution < -0.4 is 11.2 Å². The van der Waals surface area contributed by atoms with Crippen LogP contribution in [0.5, 0.6) is 0 Å². The van der Waals surface area contributed by atoms with Crippen molar-refractivity contribution < 1.29 is 0 Å². The van der Waals surface area contributed by atoms with Crippen molar-refractivity contribution >= 4 is 11.2 Å². The Morgan fingerprint density at radius 1 is 0.958 bits per heavy atom. The summed E-state index contributed by atoms with van der Waals surface area (Å²) < 4.78 is 4.64. The molecule has 6 heteroatoms. The fourth-order valence-corrected chi connectivity index (χ4v) is 2.89. The van der Waals surface area contributed by atoms with Crippen LogP contribution in [0.1, 0.15) is 45.3 Å². The van der Waals surface area contributed by atoms with Crippen LogP contribution in [-0.4, -0.2) is 18.7 Å². The molecule has 24 heavy (non-hydrogen) atoms. The predicted molar refractivity (Wildman–Crippen MR) is 95.1 cm³/mol. The molecule has 0 fully saturated rings. The van der Waals surface area contributed by atoms with Crippen molar-refractivity contribution in [1.29, 1.82) is 0 Å². The second-order valence-corrected chi connectivity index (χ2v) is 6.64. The summed E-state index contributed by atoms with van der Waals surface area (Å²) >= 11 is 0. The normalized spacial score (nSPS) is 11.8. The molecule has 0 spiro atoms. The van der Waals surface area contributed by atoms with Gasteiger partial charge in [0.1, 0.15) is 0 Å². The second-order valence-electron chi connectivity index (χ2n) is 6.64. The van der Waals surface area contributed by atoms with Crippen molar-refractivity contribution in [2.24, 2.45) is 0 Å². The summed E-state index contributed by atoms with van der Waals surface area (Å²) in [7, 11) is 0. The highest BCUT2D eigenvalue weighted by atomic mass is 16.2. The molecule has 0 saturated heterocycles. The summed E-state index contributed by atoms with van der Waals surface area (Å²) in [6.07, 6.45) is 1.63. The van der Waals surface area contributed by atoms with Crippen molar-refractivity contribution in [2.45, 2.75) is 46.7 Å². The molecule has 0 bridgehead atoms. The van der Waals surface area contributed by atoms with Gasteiger partial charge in [0.2, 0.25) is 0 Å². The first-order chi connectivity index (χ1) is 11.3. The molecule has 0 atom stereocenters. The molecule has 0 aliphatic heterocycles. The lowest BCUT2D eigenvalue weighted by atomic mass is 10.2. The third-order valence-electron chi connectivity index (χ3n) is 4.17. The second kappa shape index (κ2) is 5.78. The highest BCUT2D eigenvalue weighted by Crippen LogP contribution is 2.17. The van der Waals surface area contributed by atoms with Gasteiger partial charge >= 0.3 is 5.69 Å². The van der Waals surface area contributed by atoms with Gasteiger partial charge in [-0.15, -0.1) is 0 Å². The fourth-order valence-electron chi connectivity index (χ4n) is 2.89. The van der Waals surface area contributed by atoms with Gasteiger partial charge in [0, 0.05) is 12.1 Å². The lowest BCUT2D eigenvalue weighted by Crippen LogP contribution is -2.41. The van der Waals surface area contributed by atoms with E-state index in [9.17, 15) is 9.59 Å². The number of imidazole rings is 1. The Kier molecular flexibility index (Phi) is 3.91. The minimum atomic E-state index is -0.361. The zero-order valence-electron chi connectivity index (χ0n) is 14.6. The van der Waals surface area contributed by atoms with Gasteiger partial charge in [-0.2, -0.15) is 0 Å². The van der Waals surface area contributed by atoms with Crippen LogP contribution in [0.4, 0.5) is 0 Å². The molecular weight excluding hydrogens is 304 g/mol. The van der Waals surface area contributed by atoms with Crippen LogP contribution in [0.3, 0.4) is 0 Å². The Labute approximate surface area is 140 Å². The lowest BCUT2D eigenvalue weighted by Gasteiger charge is -2.15. The average Bonchev–Trinajstić information content (AvgIpc) is 2.94. The van der Waals surface area contributed by atoms with E-state index in [1.807, 2.05) is 63.5 Å². The number of aryl methyl sites for hydroxylation is 1. The highest BCUT2D eigenvalue weighted by Gasteiger charge is 2.21. The van der Waals surface area contributed by atoms with E-state index in [2.05, 4.69) is 4.98 Å². The number of benzene rings is 1. The first-order valence-corrected chi connectivity index (χ1v) is 8.14. The van der Waals surface area contributed by atoms with E-state index in [1.54, 1.807) is 6.33 Å². The maximum absolute atomic E-state index is 13.0. The van der Waals surface area contributed by atoms with Gasteiger partial charge in [-0.1, -0.05) is 17.7 Å². The van der Waals surface area contributed by atoms with E-state index in [1.165, 1.54) is 9.13 Å². The van der Waals surface area contributed by atoms with Crippen LogP contribution >= 0.6 is 0 Å². The maximum Gasteiger partial charge on any atom is 0.337 e. The first-order valence-electron chi connectivity index (χ1n) is 8.14. The van der Waals surface area contributed by atoms with Crippen molar-refractivity contribution in [3.05, 3.63) is 57.0 Å². The lowest BCUT2D eigenvalue weighted by molar-refractivity contribution is 0.535. The number of fused-ring (bicyclic) bond motifs is 1. The highest BCUT2D eigenvalue weighted by molar-refractivity contribution is 5.72. The van der Waals surface area contributed by atoms with Crippen molar-refractivity contribution in [1.82, 2.24) is 18.7 Å². The number of hydrogen-bond donors (Lipinski definition) is 0. The molecule has 3 aromatic rings. The molecule has 0 aliphatic carbocycles. The van der Waals surface area contributed by atoms with E-state index in [0.717, 1.165) is 5.56 Å². The van der Waals surface area contributed by atoms with Crippen molar-refractivity contribution in [2.75, 3.05) is 0 Å². The number of rotatable bonds is 3. The van der Waals surface area contributed by atoms with Gasteiger partial charge in [-0.3, -0.25) is 9.36 Å². The molecule has 2 aromatic heterocycles. The fraction of sp³-hybridized carbons (Fsp3) is 0.389. The molecule has 0 radical (unpaired) electrons. The number of hydrogen-bond acceptors (Lipinski definition) is 3. The van der Waals surface area contributed by atoms with Gasteiger partial charge in [-0.25, -0.2) is 14.3 Å². The molecular formula is C18H22N4O2. The van der Waals surface area contributed by atoms with Crippen molar-refractivity contribution in [3.8, 4) is 5.69 Å². The SMILES string of the molecule is Cc1ccc(-n2c(=O)n(C(C)C)c(=O)c3c2ncn3C(C)C)cc1. The minimum Gasteiger partial charge on any atom is -0.322 e. The zero-order chi connectivity index (χ0) is 17.6. The molecule has 0 saturated carbocycles. The molecule has 0 aliphatic rings. The molecule has 0 amide bonds. The largest absolute Gasteiger partial charge is 0.337 e. The monoisotopic (exact) mass is 326 g/mol. The topological polar surface area (TPSA) is 61.8 Å². The smallest absolute Gasteiger partial charge is 0.322 e. The zero-order valence-corrected chi connectivity index (χ0v) is 14.6. The molecule has 1 aromatic carbocycles. The van der Waals surface area contributed by atoms with Gasteiger partial charge in [0.05, 0.1) is 12.0 Å². The van der Waals surface area contributed by atoms with Crippen LogP contribution in [0.15, 0.2) is 40.2 Å². The van der Waals surface area contributed by atoms with Gasteiger partial charge in [-0.05, 0) is 46.8 Å². The summed E-state index contributed by atoms with van der Waals surface area (Å²) in [5, 5.41) is 0. The Hall–Kier alpha value is -2.63. The van der Waals surface area contributed by atoms with Gasteiger partial charge < -0.3 is 4.57 Å². The Morgan fingerprint density at radius 3 is 2.12 bits per heavy atom. The molecule has 126 valence electrons. The number of nitrogens with zero attached hydrogens (tertiary/aromatic N) is 4. The van der Waals surface area contributed by atoms with Gasteiger partial charge in [0.25, 0.3) is 5.56 Å². The van der Waals surface area contributed by atoms with Crippen molar-refractivity contribution in [3.63, 3.8) is 0 Å². The summed E-state index contributed by atoms with van der Waals surface area (Å²) in [6.45, 7) is 9.64. The molecule has 3 rings (SSSR count). The summed E-state index contributed by atoms with van der Waals surface area (Å²) in [5.41, 5.74) is 2.02. The third-order valence-corrected chi connectivity index (χ3v) is 4.17. The van der Waals surface area contributed by atoms with E-state index in [4.69, 9.17) is 0 Å². The third kappa shape index (κ3) is 2.38. The molecule has 6 nitrogen and oxygen atoms in total. The van der Waals surface area contributed by atoms with Crippen LogP contribution in [0, 0.1) is 6.92 Å². The van der Waals surface area contributed by atoms with Crippen LogP contribution in [0.2, 0.25) is 0 Å². The van der Waals surface area contributed by atoms with E-state index >= 15 is 0 Å². The Morgan fingerprint density at radius 2 is 1.58 bits per heavy atom. The summed E-state index contributed by atoms with van der Waals surface area (Å²) in [5.74, 6) is 0.